The number of ether oxygens (including phenoxy) is 1. The fourth-order valence-corrected chi connectivity index (χ4v) is 1.55. The third kappa shape index (κ3) is 2.82. The highest BCUT2D eigenvalue weighted by Gasteiger charge is 2.01. The molecule has 0 saturated carbocycles. The molecule has 6 heteroatoms. The molecule has 0 amide bonds. The van der Waals surface area contributed by atoms with E-state index in [-0.39, 0.29) is 6.61 Å². The van der Waals surface area contributed by atoms with Gasteiger partial charge in [-0.2, -0.15) is 0 Å². The Kier molecular flexibility index (Phi) is 3.05. The normalized spacial score (nSPS) is 10.2. The van der Waals surface area contributed by atoms with Crippen LogP contribution in [0, 0.1) is 3.57 Å². The molecule has 0 unspecified atom stereocenters. The maximum atomic E-state index is 10.6. The summed E-state index contributed by atoms with van der Waals surface area (Å²) in [6.07, 6.45) is 0. The number of nitrogens with one attached hydrogen (secondary N) is 1. The predicted octanol–water partition coefficient (Wildman–Crippen LogP) is 1.55. The molecule has 1 N–H and O–H groups in total. The lowest BCUT2D eigenvalue weighted by molar-refractivity contribution is 0.285. The Hall–Kier alpha value is -1.31. The Labute approximate surface area is 98.6 Å². The molecule has 15 heavy (non-hydrogen) atoms. The molecule has 0 aliphatic carbocycles. The van der Waals surface area contributed by atoms with E-state index in [1.165, 1.54) is 0 Å². The summed E-state index contributed by atoms with van der Waals surface area (Å²) in [5.41, 5.74) is 0. The van der Waals surface area contributed by atoms with Crippen LogP contribution in [0.3, 0.4) is 0 Å². The Morgan fingerprint density at radius 3 is 3.07 bits per heavy atom. The third-order valence-corrected chi connectivity index (χ3v) is 2.33. The lowest BCUT2D eigenvalue weighted by Crippen LogP contribution is -2.01. The summed E-state index contributed by atoms with van der Waals surface area (Å²) >= 11 is 2.19. The van der Waals surface area contributed by atoms with Crippen molar-refractivity contribution in [1.82, 2.24) is 10.1 Å². The van der Waals surface area contributed by atoms with E-state index in [0.717, 1.165) is 9.32 Å². The molecule has 0 fully saturated rings. The highest BCUT2D eigenvalue weighted by molar-refractivity contribution is 14.1. The summed E-state index contributed by atoms with van der Waals surface area (Å²) in [5.74, 6) is 0.529. The highest BCUT2D eigenvalue weighted by atomic mass is 127. The van der Waals surface area contributed by atoms with Crippen LogP contribution < -0.4 is 10.5 Å². The van der Waals surface area contributed by atoms with Gasteiger partial charge in [0.15, 0.2) is 5.82 Å². The molecule has 0 aliphatic heterocycles. The van der Waals surface area contributed by atoms with E-state index >= 15 is 0 Å². The van der Waals surface area contributed by atoms with Gasteiger partial charge in [0.1, 0.15) is 12.4 Å². The number of aromatic nitrogens is 2. The Morgan fingerprint density at radius 2 is 2.40 bits per heavy atom. The van der Waals surface area contributed by atoms with Crippen LogP contribution in [0.4, 0.5) is 0 Å². The molecule has 0 atom stereocenters. The molecule has 1 heterocycles. The number of H-pyrrole nitrogens is 1. The van der Waals surface area contributed by atoms with Crippen LogP contribution in [-0.4, -0.2) is 10.1 Å². The first-order valence-corrected chi connectivity index (χ1v) is 5.25. The van der Waals surface area contributed by atoms with Crippen molar-refractivity contribution < 1.29 is 9.26 Å². The first-order valence-electron chi connectivity index (χ1n) is 4.17. The molecule has 0 radical (unpaired) electrons. The van der Waals surface area contributed by atoms with Crippen molar-refractivity contribution in [2.75, 3.05) is 0 Å². The Morgan fingerprint density at radius 1 is 1.53 bits per heavy atom. The molecule has 0 saturated heterocycles. The molecular weight excluding hydrogens is 311 g/mol. The van der Waals surface area contributed by atoms with Gasteiger partial charge in [-0.3, -0.25) is 9.51 Å². The standard InChI is InChI=1S/C9H7IN2O3/c10-6-2-1-3-7(4-6)14-5-8-11-9(13)15-12-8/h1-4H,5H2,(H,11,12,13). The van der Waals surface area contributed by atoms with Gasteiger partial charge in [0, 0.05) is 3.57 Å². The number of aromatic amines is 1. The Bertz CT molecular complexity index is 506. The van der Waals surface area contributed by atoms with E-state index in [1.807, 2.05) is 24.3 Å². The van der Waals surface area contributed by atoms with Crippen molar-refractivity contribution in [3.8, 4) is 5.75 Å². The van der Waals surface area contributed by atoms with Crippen LogP contribution in [0.1, 0.15) is 5.82 Å². The van der Waals surface area contributed by atoms with Gasteiger partial charge in [-0.25, -0.2) is 4.79 Å². The summed E-state index contributed by atoms with van der Waals surface area (Å²) in [6, 6.07) is 7.58. The second kappa shape index (κ2) is 4.47. The quantitative estimate of drug-likeness (QED) is 0.872. The summed E-state index contributed by atoms with van der Waals surface area (Å²) in [6.45, 7) is 0.186. The second-order valence-electron chi connectivity index (χ2n) is 2.79. The van der Waals surface area contributed by atoms with Gasteiger partial charge in [-0.05, 0) is 40.8 Å². The molecule has 5 nitrogen and oxygen atoms in total. The molecule has 0 bridgehead atoms. The van der Waals surface area contributed by atoms with Gasteiger partial charge in [-0.15, -0.1) is 0 Å². The molecule has 2 rings (SSSR count). The van der Waals surface area contributed by atoms with Crippen molar-refractivity contribution in [3.63, 3.8) is 0 Å². The number of rotatable bonds is 3. The zero-order valence-corrected chi connectivity index (χ0v) is 9.72. The summed E-state index contributed by atoms with van der Waals surface area (Å²) in [4.78, 5) is 13.0. The van der Waals surface area contributed by atoms with Gasteiger partial charge >= 0.3 is 5.76 Å². The maximum Gasteiger partial charge on any atom is 0.439 e. The second-order valence-corrected chi connectivity index (χ2v) is 4.03. The van der Waals surface area contributed by atoms with Crippen LogP contribution in [0.5, 0.6) is 5.75 Å². The van der Waals surface area contributed by atoms with E-state index in [9.17, 15) is 4.79 Å². The lowest BCUT2D eigenvalue weighted by Gasteiger charge is -2.02. The van der Waals surface area contributed by atoms with E-state index in [2.05, 4.69) is 37.3 Å². The smallest absolute Gasteiger partial charge is 0.439 e. The van der Waals surface area contributed by atoms with Crippen LogP contribution in [-0.2, 0) is 6.61 Å². The Balaban J connectivity index is 2.02. The fraction of sp³-hybridized carbons (Fsp3) is 0.111. The van der Waals surface area contributed by atoms with Crippen LogP contribution >= 0.6 is 22.6 Å². The van der Waals surface area contributed by atoms with Crippen LogP contribution in [0.25, 0.3) is 0 Å². The summed E-state index contributed by atoms with van der Waals surface area (Å²) in [7, 11) is 0. The molecule has 0 spiro atoms. The summed E-state index contributed by atoms with van der Waals surface area (Å²) in [5, 5.41) is 3.48. The topological polar surface area (TPSA) is 68.1 Å². The van der Waals surface area contributed by atoms with Crippen molar-refractivity contribution in [3.05, 3.63) is 44.2 Å². The minimum absolute atomic E-state index is 0.186. The number of hydrogen-bond donors (Lipinski definition) is 1. The number of hydrogen-bond acceptors (Lipinski definition) is 4. The fourth-order valence-electron chi connectivity index (χ4n) is 1.03. The third-order valence-electron chi connectivity index (χ3n) is 1.66. The zero-order chi connectivity index (χ0) is 10.7. The van der Waals surface area contributed by atoms with Crippen LogP contribution in [0.15, 0.2) is 33.6 Å². The molecule has 1 aromatic carbocycles. The van der Waals surface area contributed by atoms with Crippen LogP contribution in [0.2, 0.25) is 0 Å². The van der Waals surface area contributed by atoms with Crippen molar-refractivity contribution >= 4 is 22.6 Å². The van der Waals surface area contributed by atoms with Crippen molar-refractivity contribution in [2.24, 2.45) is 0 Å². The maximum absolute atomic E-state index is 10.6. The van der Waals surface area contributed by atoms with E-state index in [0.29, 0.717) is 5.82 Å². The molecule has 1 aromatic heterocycles. The zero-order valence-electron chi connectivity index (χ0n) is 7.57. The van der Waals surface area contributed by atoms with Crippen molar-refractivity contribution in [2.45, 2.75) is 6.61 Å². The van der Waals surface area contributed by atoms with E-state index < -0.39 is 5.76 Å². The molecular formula is C9H7IN2O3. The number of benzene rings is 1. The average molecular weight is 318 g/mol. The minimum Gasteiger partial charge on any atom is -0.486 e. The highest BCUT2D eigenvalue weighted by Crippen LogP contribution is 2.15. The first kappa shape index (κ1) is 10.2. The van der Waals surface area contributed by atoms with E-state index in [4.69, 9.17) is 4.74 Å². The SMILES string of the molecule is O=c1[nH]c(COc2cccc(I)c2)no1. The monoisotopic (exact) mass is 318 g/mol. The number of nitrogens with zero attached hydrogens (tertiary/aromatic N) is 1. The molecule has 0 aliphatic rings. The number of halogens is 1. The molecule has 2 aromatic rings. The van der Waals surface area contributed by atoms with Gasteiger partial charge in [-0.1, -0.05) is 11.2 Å². The minimum atomic E-state index is -0.573. The lowest BCUT2D eigenvalue weighted by atomic mass is 10.3. The first-order chi connectivity index (χ1) is 7.24. The van der Waals surface area contributed by atoms with Gasteiger partial charge < -0.3 is 4.74 Å². The van der Waals surface area contributed by atoms with Gasteiger partial charge in [0.25, 0.3) is 0 Å². The average Bonchev–Trinajstić information content (AvgIpc) is 2.62. The van der Waals surface area contributed by atoms with Gasteiger partial charge in [0.2, 0.25) is 0 Å². The van der Waals surface area contributed by atoms with E-state index in [1.54, 1.807) is 0 Å². The predicted molar refractivity (Wildman–Crippen MR) is 60.6 cm³/mol. The van der Waals surface area contributed by atoms with Gasteiger partial charge in [0.05, 0.1) is 0 Å². The largest absolute Gasteiger partial charge is 0.486 e. The van der Waals surface area contributed by atoms with Crippen molar-refractivity contribution in [1.29, 1.82) is 0 Å². The molecule has 78 valence electrons. The summed E-state index contributed by atoms with van der Waals surface area (Å²) < 4.78 is 10.8.